The van der Waals surface area contributed by atoms with E-state index in [1.165, 1.54) is 11.3 Å². The van der Waals surface area contributed by atoms with Crippen molar-refractivity contribution < 1.29 is 4.79 Å². The molecule has 0 aliphatic carbocycles. The van der Waals surface area contributed by atoms with E-state index in [1.54, 1.807) is 6.20 Å². The van der Waals surface area contributed by atoms with E-state index in [-0.39, 0.29) is 17.0 Å². The van der Waals surface area contributed by atoms with Crippen LogP contribution in [0.3, 0.4) is 0 Å². The van der Waals surface area contributed by atoms with Crippen LogP contribution in [0.2, 0.25) is 0 Å². The highest BCUT2D eigenvalue weighted by Gasteiger charge is 1.94. The summed E-state index contributed by atoms with van der Waals surface area (Å²) in [6.07, 6.45) is 2.89. The summed E-state index contributed by atoms with van der Waals surface area (Å²) < 4.78 is 0. The quantitative estimate of drug-likeness (QED) is 0.762. The zero-order valence-corrected chi connectivity index (χ0v) is 7.64. The Morgan fingerprint density at radius 1 is 1.80 bits per heavy atom. The zero-order valence-electron chi connectivity index (χ0n) is 5.11. The van der Waals surface area contributed by atoms with Crippen LogP contribution < -0.4 is 5.73 Å². The first-order chi connectivity index (χ1) is 4.33. The van der Waals surface area contributed by atoms with Gasteiger partial charge in [0.1, 0.15) is 6.29 Å². The molecule has 10 heavy (non-hydrogen) atoms. The maximum atomic E-state index is 9.92. The van der Waals surface area contributed by atoms with Gasteiger partial charge in [0, 0.05) is 17.5 Å². The maximum absolute atomic E-state index is 9.92. The molecule has 3 nitrogen and oxygen atoms in total. The van der Waals surface area contributed by atoms with Crippen LogP contribution in [0.5, 0.6) is 0 Å². The van der Waals surface area contributed by atoms with Gasteiger partial charge in [-0.2, -0.15) is 0 Å². The van der Waals surface area contributed by atoms with Gasteiger partial charge in [0.05, 0.1) is 0 Å². The third-order valence-electron chi connectivity index (χ3n) is 0.856. The Hall–Kier alpha value is -0.420. The number of carbonyl (C=O) groups excluding carboxylic acids is 1. The van der Waals surface area contributed by atoms with Crippen LogP contribution in [0.15, 0.2) is 6.20 Å². The van der Waals surface area contributed by atoms with Gasteiger partial charge in [0.25, 0.3) is 0 Å². The summed E-state index contributed by atoms with van der Waals surface area (Å²) >= 11 is 1.35. The Labute approximate surface area is 73.0 Å². The molecule has 0 fully saturated rings. The van der Waals surface area contributed by atoms with Gasteiger partial charge in [-0.15, -0.1) is 28.3 Å². The minimum atomic E-state index is 0. The second kappa shape index (κ2) is 4.40. The highest BCUT2D eigenvalue weighted by molar-refractivity contribution is 8.93. The number of aromatic nitrogens is 1. The molecule has 0 spiro atoms. The smallest absolute Gasteiger partial charge is 0.180 e. The zero-order chi connectivity index (χ0) is 6.69. The van der Waals surface area contributed by atoms with Gasteiger partial charge in [0.2, 0.25) is 0 Å². The monoisotopic (exact) mass is 222 g/mol. The molecule has 0 saturated carbocycles. The normalized spacial score (nSPS) is 8.40. The second-order valence-electron chi connectivity index (χ2n) is 1.54. The molecular weight excluding hydrogens is 216 g/mol. The fraction of sp³-hybridized carbons (Fsp3) is 0.200. The van der Waals surface area contributed by atoms with E-state index >= 15 is 0 Å². The number of halogens is 1. The molecular formula is C5H7BrN2OS. The number of aldehydes is 1. The SMILES string of the molecule is Br.Nc1ncc(CC=O)s1. The Morgan fingerprint density at radius 2 is 2.50 bits per heavy atom. The molecule has 1 aromatic heterocycles. The van der Waals surface area contributed by atoms with Gasteiger partial charge in [-0.3, -0.25) is 0 Å². The molecule has 0 bridgehead atoms. The minimum Gasteiger partial charge on any atom is -0.375 e. The summed E-state index contributed by atoms with van der Waals surface area (Å²) in [6.45, 7) is 0. The molecule has 0 saturated heterocycles. The van der Waals surface area contributed by atoms with Crippen LogP contribution in [0, 0.1) is 0 Å². The van der Waals surface area contributed by atoms with Crippen molar-refractivity contribution in [1.82, 2.24) is 4.98 Å². The van der Waals surface area contributed by atoms with E-state index < -0.39 is 0 Å². The summed E-state index contributed by atoms with van der Waals surface area (Å²) in [5, 5.41) is 0.520. The van der Waals surface area contributed by atoms with Gasteiger partial charge in [-0.05, 0) is 0 Å². The Balaban J connectivity index is 0.000000810. The van der Waals surface area contributed by atoms with Gasteiger partial charge >= 0.3 is 0 Å². The van der Waals surface area contributed by atoms with Crippen molar-refractivity contribution in [3.05, 3.63) is 11.1 Å². The Bertz CT molecular complexity index is 213. The molecule has 2 N–H and O–H groups in total. The molecule has 0 aromatic carbocycles. The first kappa shape index (κ1) is 9.58. The highest BCUT2D eigenvalue weighted by Crippen LogP contribution is 2.13. The summed E-state index contributed by atoms with van der Waals surface area (Å²) in [4.78, 5) is 14.6. The van der Waals surface area contributed by atoms with Crippen molar-refractivity contribution in [3.63, 3.8) is 0 Å². The van der Waals surface area contributed by atoms with E-state index in [2.05, 4.69) is 4.98 Å². The predicted molar refractivity (Wildman–Crippen MR) is 46.6 cm³/mol. The van der Waals surface area contributed by atoms with Gasteiger partial charge in [-0.25, -0.2) is 4.98 Å². The minimum absolute atomic E-state index is 0. The number of hydrogen-bond donors (Lipinski definition) is 1. The predicted octanol–water partition coefficient (Wildman–Crippen LogP) is 1.04. The molecule has 0 aliphatic rings. The lowest BCUT2D eigenvalue weighted by molar-refractivity contribution is -0.107. The summed E-state index contributed by atoms with van der Waals surface area (Å²) in [6, 6.07) is 0. The molecule has 1 rings (SSSR count). The van der Waals surface area contributed by atoms with Crippen LogP contribution in [0.25, 0.3) is 0 Å². The number of nitrogen functional groups attached to an aromatic ring is 1. The Kier molecular flexibility index (Phi) is 4.22. The van der Waals surface area contributed by atoms with E-state index in [9.17, 15) is 4.79 Å². The fourth-order valence-corrected chi connectivity index (χ4v) is 1.13. The fourth-order valence-electron chi connectivity index (χ4n) is 0.499. The van der Waals surface area contributed by atoms with Crippen molar-refractivity contribution in [3.8, 4) is 0 Å². The third kappa shape index (κ3) is 2.45. The lowest BCUT2D eigenvalue weighted by Crippen LogP contribution is -1.77. The second-order valence-corrected chi connectivity index (χ2v) is 2.68. The van der Waals surface area contributed by atoms with Crippen molar-refractivity contribution in [2.24, 2.45) is 0 Å². The number of thiazole rings is 1. The first-order valence-corrected chi connectivity index (χ1v) is 3.28. The van der Waals surface area contributed by atoms with E-state index in [0.717, 1.165) is 11.2 Å². The molecule has 0 unspecified atom stereocenters. The van der Waals surface area contributed by atoms with Crippen LogP contribution in [0.1, 0.15) is 4.88 Å². The molecule has 0 radical (unpaired) electrons. The first-order valence-electron chi connectivity index (χ1n) is 2.46. The largest absolute Gasteiger partial charge is 0.375 e. The molecule has 0 atom stereocenters. The molecule has 56 valence electrons. The summed E-state index contributed by atoms with van der Waals surface area (Å²) in [5.74, 6) is 0. The van der Waals surface area contributed by atoms with Crippen LogP contribution in [0.4, 0.5) is 5.13 Å². The maximum Gasteiger partial charge on any atom is 0.180 e. The van der Waals surface area contributed by atoms with Crippen LogP contribution >= 0.6 is 28.3 Å². The lowest BCUT2D eigenvalue weighted by Gasteiger charge is -1.77. The van der Waals surface area contributed by atoms with Gasteiger partial charge in [0.15, 0.2) is 5.13 Å². The van der Waals surface area contributed by atoms with Crippen molar-refractivity contribution in [1.29, 1.82) is 0 Å². The van der Waals surface area contributed by atoms with Crippen LogP contribution in [-0.4, -0.2) is 11.3 Å². The molecule has 0 aliphatic heterocycles. The van der Waals surface area contributed by atoms with E-state index in [0.29, 0.717) is 11.6 Å². The third-order valence-corrected chi connectivity index (χ3v) is 1.70. The summed E-state index contributed by atoms with van der Waals surface area (Å²) in [7, 11) is 0. The molecule has 0 amide bonds. The lowest BCUT2D eigenvalue weighted by atomic mass is 10.4. The highest BCUT2D eigenvalue weighted by atomic mass is 79.9. The summed E-state index contributed by atoms with van der Waals surface area (Å²) in [5.41, 5.74) is 5.30. The number of hydrogen-bond acceptors (Lipinski definition) is 4. The molecule has 1 aromatic rings. The van der Waals surface area contributed by atoms with Crippen molar-refractivity contribution in [2.75, 3.05) is 5.73 Å². The van der Waals surface area contributed by atoms with Crippen molar-refractivity contribution >= 4 is 39.7 Å². The van der Waals surface area contributed by atoms with E-state index in [4.69, 9.17) is 5.73 Å². The molecule has 5 heteroatoms. The standard InChI is InChI=1S/C5H6N2OS.BrH/c6-5-7-3-4(9-5)1-2-8;/h2-3H,1H2,(H2,6,7);1H. The number of rotatable bonds is 2. The van der Waals surface area contributed by atoms with Gasteiger partial charge in [-0.1, -0.05) is 0 Å². The average molecular weight is 223 g/mol. The Morgan fingerprint density at radius 3 is 2.90 bits per heavy atom. The van der Waals surface area contributed by atoms with Gasteiger partial charge < -0.3 is 10.5 Å². The van der Waals surface area contributed by atoms with Crippen LogP contribution in [-0.2, 0) is 11.2 Å². The van der Waals surface area contributed by atoms with Crippen molar-refractivity contribution in [2.45, 2.75) is 6.42 Å². The topological polar surface area (TPSA) is 56.0 Å². The van der Waals surface area contributed by atoms with E-state index in [1.807, 2.05) is 0 Å². The number of nitrogens with two attached hydrogens (primary N) is 1. The number of anilines is 1. The number of nitrogens with zero attached hydrogens (tertiary/aromatic N) is 1. The number of carbonyl (C=O) groups is 1. The molecule has 1 heterocycles. The average Bonchev–Trinajstić information content (AvgIpc) is 2.17.